The molecule has 1 aromatic rings. The molecule has 2 unspecified atom stereocenters. The van der Waals surface area contributed by atoms with Crippen molar-refractivity contribution in [3.8, 4) is 0 Å². The van der Waals surface area contributed by atoms with Crippen molar-refractivity contribution < 1.29 is 0 Å². The van der Waals surface area contributed by atoms with Crippen molar-refractivity contribution in [3.05, 3.63) is 11.9 Å². The highest BCUT2D eigenvalue weighted by atomic mass is 15.2. The van der Waals surface area contributed by atoms with Gasteiger partial charge in [-0.1, -0.05) is 6.92 Å². The van der Waals surface area contributed by atoms with Crippen LogP contribution in [0.4, 0.5) is 11.6 Å². The maximum absolute atomic E-state index is 5.83. The van der Waals surface area contributed by atoms with Gasteiger partial charge >= 0.3 is 0 Å². The Balaban J connectivity index is 2.32. The van der Waals surface area contributed by atoms with Crippen LogP contribution in [0.15, 0.2) is 6.33 Å². The average Bonchev–Trinajstić information content (AvgIpc) is 2.27. The number of nitrogen functional groups attached to an aromatic ring is 1. The number of nitrogens with two attached hydrogens (primary N) is 1. The van der Waals surface area contributed by atoms with Gasteiger partial charge in [0.05, 0.1) is 0 Å². The standard InChI is InChI=1S/C12H20N4/c1-8-5-4-6-16(10(8)3)12-9(2)11(13)14-7-15-12/h7-8,10H,4-6H2,1-3H3,(H2,13,14,15). The van der Waals surface area contributed by atoms with Crippen LogP contribution >= 0.6 is 0 Å². The first kappa shape index (κ1) is 11.2. The third-order valence-corrected chi connectivity index (χ3v) is 3.74. The lowest BCUT2D eigenvalue weighted by atomic mass is 9.92. The fraction of sp³-hybridized carbons (Fsp3) is 0.667. The van der Waals surface area contributed by atoms with Crippen molar-refractivity contribution in [2.24, 2.45) is 5.92 Å². The molecular formula is C12H20N4. The fourth-order valence-corrected chi connectivity index (χ4v) is 2.38. The summed E-state index contributed by atoms with van der Waals surface area (Å²) in [6.07, 6.45) is 4.09. The second-order valence-electron chi connectivity index (χ2n) is 4.76. The Hall–Kier alpha value is -1.32. The number of hydrogen-bond acceptors (Lipinski definition) is 4. The third kappa shape index (κ3) is 1.84. The highest BCUT2D eigenvalue weighted by molar-refractivity contribution is 5.56. The summed E-state index contributed by atoms with van der Waals surface area (Å²) in [5.74, 6) is 2.31. The van der Waals surface area contributed by atoms with Gasteiger partial charge in [0.2, 0.25) is 0 Å². The number of nitrogens with zero attached hydrogens (tertiary/aromatic N) is 3. The molecule has 1 aliphatic rings. The van der Waals surface area contributed by atoms with Gasteiger partial charge in [-0.2, -0.15) is 0 Å². The molecule has 2 heterocycles. The van der Waals surface area contributed by atoms with Crippen molar-refractivity contribution in [2.75, 3.05) is 17.2 Å². The Morgan fingerprint density at radius 1 is 1.38 bits per heavy atom. The molecule has 1 saturated heterocycles. The molecule has 2 atom stereocenters. The molecule has 1 fully saturated rings. The predicted molar refractivity (Wildman–Crippen MR) is 66.4 cm³/mol. The van der Waals surface area contributed by atoms with Gasteiger partial charge in [0.15, 0.2) is 0 Å². The molecule has 0 amide bonds. The van der Waals surface area contributed by atoms with Crippen molar-refractivity contribution in [1.29, 1.82) is 0 Å². The highest BCUT2D eigenvalue weighted by Gasteiger charge is 2.26. The van der Waals surface area contributed by atoms with E-state index in [1.165, 1.54) is 12.8 Å². The van der Waals surface area contributed by atoms with Crippen LogP contribution < -0.4 is 10.6 Å². The number of piperidine rings is 1. The van der Waals surface area contributed by atoms with Crippen molar-refractivity contribution in [1.82, 2.24) is 9.97 Å². The molecule has 0 radical (unpaired) electrons. The summed E-state index contributed by atoms with van der Waals surface area (Å²) in [6, 6.07) is 0.529. The lowest BCUT2D eigenvalue weighted by Gasteiger charge is -2.39. The molecule has 4 nitrogen and oxygen atoms in total. The molecule has 1 aliphatic heterocycles. The molecule has 0 saturated carbocycles. The Kier molecular flexibility index (Phi) is 2.99. The zero-order chi connectivity index (χ0) is 11.7. The molecule has 2 rings (SSSR count). The van der Waals surface area contributed by atoms with E-state index in [-0.39, 0.29) is 0 Å². The zero-order valence-electron chi connectivity index (χ0n) is 10.3. The maximum atomic E-state index is 5.83. The maximum Gasteiger partial charge on any atom is 0.137 e. The summed E-state index contributed by atoms with van der Waals surface area (Å²) in [4.78, 5) is 10.8. The smallest absolute Gasteiger partial charge is 0.137 e. The van der Waals surface area contributed by atoms with E-state index in [1.54, 1.807) is 6.33 Å². The first-order valence-electron chi connectivity index (χ1n) is 5.95. The minimum atomic E-state index is 0.529. The van der Waals surface area contributed by atoms with E-state index in [0.717, 1.165) is 17.9 Å². The van der Waals surface area contributed by atoms with Crippen LogP contribution in [0.2, 0.25) is 0 Å². The zero-order valence-corrected chi connectivity index (χ0v) is 10.3. The second-order valence-corrected chi connectivity index (χ2v) is 4.76. The van der Waals surface area contributed by atoms with Crippen LogP contribution in [-0.2, 0) is 0 Å². The van der Waals surface area contributed by atoms with Gasteiger partial charge in [0.1, 0.15) is 18.0 Å². The molecule has 16 heavy (non-hydrogen) atoms. The van der Waals surface area contributed by atoms with Gasteiger partial charge in [-0.05, 0) is 32.6 Å². The minimum Gasteiger partial charge on any atom is -0.383 e. The SMILES string of the molecule is Cc1c(N)ncnc1N1CCCC(C)C1C. The van der Waals surface area contributed by atoms with Gasteiger partial charge in [-0.25, -0.2) is 9.97 Å². The average molecular weight is 220 g/mol. The van der Waals surface area contributed by atoms with E-state index in [2.05, 4.69) is 28.7 Å². The summed E-state index contributed by atoms with van der Waals surface area (Å²) >= 11 is 0. The van der Waals surface area contributed by atoms with Gasteiger partial charge in [-0.3, -0.25) is 0 Å². The van der Waals surface area contributed by atoms with E-state index in [1.807, 2.05) is 6.92 Å². The van der Waals surface area contributed by atoms with Crippen LogP contribution in [0.5, 0.6) is 0 Å². The van der Waals surface area contributed by atoms with E-state index in [4.69, 9.17) is 5.73 Å². The topological polar surface area (TPSA) is 55.0 Å². The quantitative estimate of drug-likeness (QED) is 0.786. The lowest BCUT2D eigenvalue weighted by molar-refractivity contribution is 0.361. The van der Waals surface area contributed by atoms with Gasteiger partial charge < -0.3 is 10.6 Å². The third-order valence-electron chi connectivity index (χ3n) is 3.74. The van der Waals surface area contributed by atoms with E-state index >= 15 is 0 Å². The van der Waals surface area contributed by atoms with Crippen molar-refractivity contribution in [2.45, 2.75) is 39.7 Å². The van der Waals surface area contributed by atoms with Crippen LogP contribution in [0.1, 0.15) is 32.3 Å². The summed E-state index contributed by atoms with van der Waals surface area (Å²) in [5.41, 5.74) is 6.83. The number of rotatable bonds is 1. The van der Waals surface area contributed by atoms with Crippen molar-refractivity contribution >= 4 is 11.6 Å². The molecule has 0 spiro atoms. The minimum absolute atomic E-state index is 0.529. The number of hydrogen-bond donors (Lipinski definition) is 1. The Bertz CT molecular complexity index is 377. The lowest BCUT2D eigenvalue weighted by Crippen LogP contribution is -2.43. The van der Waals surface area contributed by atoms with Crippen LogP contribution in [0.25, 0.3) is 0 Å². The van der Waals surface area contributed by atoms with E-state index in [0.29, 0.717) is 17.8 Å². The summed E-state index contributed by atoms with van der Waals surface area (Å²) in [7, 11) is 0. The monoisotopic (exact) mass is 220 g/mol. The van der Waals surface area contributed by atoms with E-state index < -0.39 is 0 Å². The van der Waals surface area contributed by atoms with Gasteiger partial charge in [-0.15, -0.1) is 0 Å². The fourth-order valence-electron chi connectivity index (χ4n) is 2.38. The largest absolute Gasteiger partial charge is 0.383 e. The first-order valence-corrected chi connectivity index (χ1v) is 5.95. The Labute approximate surface area is 96.9 Å². The second kappa shape index (κ2) is 4.28. The molecule has 0 bridgehead atoms. The molecular weight excluding hydrogens is 200 g/mol. The highest BCUT2D eigenvalue weighted by Crippen LogP contribution is 2.29. The molecule has 0 aliphatic carbocycles. The van der Waals surface area contributed by atoms with Crippen LogP contribution in [0, 0.1) is 12.8 Å². The molecule has 0 aromatic carbocycles. The normalized spacial score (nSPS) is 25.8. The predicted octanol–water partition coefficient (Wildman–Crippen LogP) is 1.99. The van der Waals surface area contributed by atoms with Gasteiger partial charge in [0, 0.05) is 18.2 Å². The number of anilines is 2. The van der Waals surface area contributed by atoms with E-state index in [9.17, 15) is 0 Å². The van der Waals surface area contributed by atoms with Gasteiger partial charge in [0.25, 0.3) is 0 Å². The molecule has 88 valence electrons. The summed E-state index contributed by atoms with van der Waals surface area (Å²) < 4.78 is 0. The Morgan fingerprint density at radius 3 is 2.88 bits per heavy atom. The summed E-state index contributed by atoms with van der Waals surface area (Å²) in [6.45, 7) is 7.64. The molecule has 1 aromatic heterocycles. The van der Waals surface area contributed by atoms with Crippen LogP contribution in [0.3, 0.4) is 0 Å². The first-order chi connectivity index (χ1) is 7.61. The number of aromatic nitrogens is 2. The molecule has 2 N–H and O–H groups in total. The van der Waals surface area contributed by atoms with Crippen LogP contribution in [-0.4, -0.2) is 22.6 Å². The van der Waals surface area contributed by atoms with Crippen molar-refractivity contribution in [3.63, 3.8) is 0 Å². The summed E-state index contributed by atoms with van der Waals surface area (Å²) in [5, 5.41) is 0. The Morgan fingerprint density at radius 2 is 2.12 bits per heavy atom. The molecule has 4 heteroatoms.